The topological polar surface area (TPSA) is 79.3 Å². The van der Waals surface area contributed by atoms with E-state index < -0.39 is 22.3 Å². The summed E-state index contributed by atoms with van der Waals surface area (Å²) in [4.78, 5) is 15.4. The number of hydrogen-bond acceptors (Lipinski definition) is 5. The lowest BCUT2D eigenvalue weighted by atomic mass is 10.1. The van der Waals surface area contributed by atoms with E-state index in [-0.39, 0.29) is 0 Å². The summed E-state index contributed by atoms with van der Waals surface area (Å²) in [5, 5.41) is -0.858. The highest BCUT2D eigenvalue weighted by molar-refractivity contribution is 7.79. The molecule has 0 aliphatic carbocycles. The highest BCUT2D eigenvalue weighted by Crippen LogP contribution is 2.25. The van der Waals surface area contributed by atoms with E-state index in [2.05, 4.69) is 9.72 Å². The molecule has 0 N–H and O–H groups in total. The summed E-state index contributed by atoms with van der Waals surface area (Å²) < 4.78 is 27.5. The molecule has 0 aliphatic heterocycles. The highest BCUT2D eigenvalue weighted by Gasteiger charge is 2.17. The molecule has 104 valence electrons. The number of aromatic nitrogens is 1. The molecule has 0 radical (unpaired) electrons. The fourth-order valence-electron chi connectivity index (χ4n) is 1.82. The Bertz CT molecular complexity index is 613. The molecule has 6 heteroatoms. The minimum atomic E-state index is -2.35. The van der Waals surface area contributed by atoms with E-state index >= 15 is 0 Å². The maximum absolute atomic E-state index is 11.4. The largest absolute Gasteiger partial charge is 0.772 e. The Morgan fingerprint density at radius 3 is 2.45 bits per heavy atom. The average Bonchev–Trinajstić information content (AvgIpc) is 2.48. The summed E-state index contributed by atoms with van der Waals surface area (Å²) in [5.41, 5.74) is 1.35. The molecule has 0 fully saturated rings. The van der Waals surface area contributed by atoms with Gasteiger partial charge in [0.1, 0.15) is 0 Å². The predicted octanol–water partition coefficient (Wildman–Crippen LogP) is 1.84. The van der Waals surface area contributed by atoms with Gasteiger partial charge in [-0.2, -0.15) is 0 Å². The molecule has 5 nitrogen and oxygen atoms in total. The summed E-state index contributed by atoms with van der Waals surface area (Å²) in [7, 11) is 1.29. The summed E-state index contributed by atoms with van der Waals surface area (Å²) in [6, 6.07) is 11.3. The predicted molar refractivity (Wildman–Crippen MR) is 72.8 cm³/mol. The molecular weight excluding hydrogens is 278 g/mol. The maximum atomic E-state index is 11.4. The van der Waals surface area contributed by atoms with Crippen LogP contribution in [0.5, 0.6) is 0 Å². The number of nitrogens with zero attached hydrogens (tertiary/aromatic N) is 1. The first-order chi connectivity index (χ1) is 9.63. The van der Waals surface area contributed by atoms with Gasteiger partial charge in [0, 0.05) is 6.20 Å². The van der Waals surface area contributed by atoms with Crippen molar-refractivity contribution in [2.24, 2.45) is 0 Å². The van der Waals surface area contributed by atoms with Gasteiger partial charge in [-0.3, -0.25) is 9.19 Å². The number of rotatable bonds is 4. The van der Waals surface area contributed by atoms with Crippen LogP contribution in [0, 0.1) is 0 Å². The van der Waals surface area contributed by atoms with Crippen molar-refractivity contribution in [3.8, 4) is 0 Å². The van der Waals surface area contributed by atoms with Gasteiger partial charge in [-0.1, -0.05) is 18.2 Å². The molecule has 0 saturated carbocycles. The van der Waals surface area contributed by atoms with Crippen LogP contribution in [-0.4, -0.2) is 26.8 Å². The van der Waals surface area contributed by atoms with Gasteiger partial charge in [0.05, 0.1) is 23.6 Å². The Labute approximate surface area is 118 Å². The second kappa shape index (κ2) is 6.40. The van der Waals surface area contributed by atoms with Crippen molar-refractivity contribution in [3.05, 3.63) is 65.5 Å². The van der Waals surface area contributed by atoms with Crippen LogP contribution in [0.2, 0.25) is 0 Å². The molecule has 0 saturated heterocycles. The maximum Gasteiger partial charge on any atom is 0.337 e. The Hall–Kier alpha value is -2.05. The molecule has 2 unspecified atom stereocenters. The van der Waals surface area contributed by atoms with Crippen LogP contribution in [0.15, 0.2) is 48.7 Å². The van der Waals surface area contributed by atoms with Crippen molar-refractivity contribution in [1.29, 1.82) is 0 Å². The molecule has 0 bridgehead atoms. The fraction of sp³-hybridized carbons (Fsp3) is 0.143. The Kier molecular flexibility index (Phi) is 4.60. The smallest absolute Gasteiger partial charge is 0.337 e. The summed E-state index contributed by atoms with van der Waals surface area (Å²) in [6.45, 7) is 0. The minimum Gasteiger partial charge on any atom is -0.772 e. The van der Waals surface area contributed by atoms with E-state index in [1.54, 1.807) is 30.3 Å². The standard InChI is InChI=1S/C14H13NO4S/c1-19-14(16)11-7-5-10(6-8-11)13(20(17)18)12-4-2-3-9-15-12/h2-9,13H,1H3,(H,17,18)/p-1. The van der Waals surface area contributed by atoms with Gasteiger partial charge in [0.25, 0.3) is 0 Å². The summed E-state index contributed by atoms with van der Waals surface area (Å²) in [6.07, 6.45) is 1.54. The third-order valence-corrected chi connectivity index (χ3v) is 3.68. The lowest BCUT2D eigenvalue weighted by Gasteiger charge is -2.19. The van der Waals surface area contributed by atoms with Crippen LogP contribution in [0.1, 0.15) is 26.9 Å². The molecule has 0 spiro atoms. The molecule has 1 aromatic carbocycles. The van der Waals surface area contributed by atoms with Gasteiger partial charge in [0.15, 0.2) is 0 Å². The first-order valence-corrected chi connectivity index (χ1v) is 6.94. The van der Waals surface area contributed by atoms with E-state index in [1.807, 2.05) is 0 Å². The third kappa shape index (κ3) is 3.09. The van der Waals surface area contributed by atoms with Gasteiger partial charge in [-0.25, -0.2) is 4.79 Å². The van der Waals surface area contributed by atoms with E-state index in [9.17, 15) is 13.6 Å². The zero-order chi connectivity index (χ0) is 14.5. The van der Waals surface area contributed by atoms with Gasteiger partial charge < -0.3 is 9.29 Å². The molecule has 2 atom stereocenters. The number of methoxy groups -OCH3 is 1. The first kappa shape index (κ1) is 14.4. The van der Waals surface area contributed by atoms with E-state index in [0.717, 1.165) is 0 Å². The van der Waals surface area contributed by atoms with Crippen LogP contribution < -0.4 is 0 Å². The van der Waals surface area contributed by atoms with Crippen molar-refractivity contribution < 1.29 is 18.3 Å². The molecule has 1 heterocycles. The second-order valence-electron chi connectivity index (χ2n) is 4.01. The fourth-order valence-corrected chi connectivity index (χ4v) is 2.54. The van der Waals surface area contributed by atoms with Crippen molar-refractivity contribution in [3.63, 3.8) is 0 Å². The first-order valence-electron chi connectivity index (χ1n) is 5.80. The van der Waals surface area contributed by atoms with Crippen LogP contribution in [0.4, 0.5) is 0 Å². The lowest BCUT2D eigenvalue weighted by molar-refractivity contribution is 0.0600. The molecule has 2 rings (SSSR count). The molecule has 0 aliphatic rings. The SMILES string of the molecule is COC(=O)c1ccc(C(c2ccccn2)S(=O)[O-])cc1. The van der Waals surface area contributed by atoms with Crippen LogP contribution in [-0.2, 0) is 15.8 Å². The number of carbonyl (C=O) groups is 1. The zero-order valence-electron chi connectivity index (χ0n) is 10.7. The van der Waals surface area contributed by atoms with Gasteiger partial charge in [-0.15, -0.1) is 0 Å². The average molecular weight is 290 g/mol. The zero-order valence-corrected chi connectivity index (χ0v) is 11.5. The number of pyridine rings is 1. The third-order valence-electron chi connectivity index (χ3n) is 2.78. The minimum absolute atomic E-state index is 0.368. The highest BCUT2D eigenvalue weighted by atomic mass is 32.2. The summed E-state index contributed by atoms with van der Waals surface area (Å²) in [5.74, 6) is -0.464. The van der Waals surface area contributed by atoms with Crippen molar-refractivity contribution >= 4 is 17.0 Å². The van der Waals surface area contributed by atoms with Crippen LogP contribution in [0.25, 0.3) is 0 Å². The normalized spacial score (nSPS) is 13.5. The number of esters is 1. The lowest BCUT2D eigenvalue weighted by Crippen LogP contribution is -2.10. The van der Waals surface area contributed by atoms with Crippen LogP contribution >= 0.6 is 0 Å². The molecular formula is C14H12NO4S-. The summed E-state index contributed by atoms with van der Waals surface area (Å²) >= 11 is -2.35. The van der Waals surface area contributed by atoms with Crippen molar-refractivity contribution in [2.75, 3.05) is 7.11 Å². The number of benzene rings is 1. The number of ether oxygens (including phenoxy) is 1. The molecule has 2 aromatic rings. The Morgan fingerprint density at radius 1 is 1.25 bits per heavy atom. The van der Waals surface area contributed by atoms with E-state index in [0.29, 0.717) is 16.8 Å². The Balaban J connectivity index is 2.36. The van der Waals surface area contributed by atoms with Crippen molar-refractivity contribution in [1.82, 2.24) is 4.98 Å². The van der Waals surface area contributed by atoms with Gasteiger partial charge in [-0.05, 0) is 40.9 Å². The Morgan fingerprint density at radius 2 is 1.95 bits per heavy atom. The quantitative estimate of drug-likeness (QED) is 0.634. The number of hydrogen-bond donors (Lipinski definition) is 0. The number of carbonyl (C=O) groups excluding carboxylic acids is 1. The molecule has 0 amide bonds. The van der Waals surface area contributed by atoms with Gasteiger partial charge in [0.2, 0.25) is 0 Å². The monoisotopic (exact) mass is 290 g/mol. The van der Waals surface area contributed by atoms with E-state index in [4.69, 9.17) is 0 Å². The van der Waals surface area contributed by atoms with Crippen LogP contribution in [0.3, 0.4) is 0 Å². The van der Waals surface area contributed by atoms with Gasteiger partial charge >= 0.3 is 5.97 Å². The van der Waals surface area contributed by atoms with E-state index in [1.165, 1.54) is 25.4 Å². The second-order valence-corrected chi connectivity index (χ2v) is 5.00. The molecule has 20 heavy (non-hydrogen) atoms. The molecule has 1 aromatic heterocycles. The van der Waals surface area contributed by atoms with Crippen molar-refractivity contribution in [2.45, 2.75) is 5.25 Å².